The number of tetrazole rings is 1. The number of piperidine rings is 1. The molecule has 2 atom stereocenters. The normalized spacial score (nSPS) is 18.3. The molecule has 0 unspecified atom stereocenters. The van der Waals surface area contributed by atoms with Crippen molar-refractivity contribution in [2.45, 2.75) is 57.8 Å². The Morgan fingerprint density at radius 3 is 2.52 bits per heavy atom. The summed E-state index contributed by atoms with van der Waals surface area (Å²) in [5.74, 6) is 1.41. The third-order valence-corrected chi connectivity index (χ3v) is 5.93. The number of hydrogen-bond donors (Lipinski definition) is 1. The van der Waals surface area contributed by atoms with E-state index in [2.05, 4.69) is 63.8 Å². The molecule has 1 N–H and O–H groups in total. The van der Waals surface area contributed by atoms with Crippen LogP contribution in [-0.4, -0.2) is 51.4 Å². The summed E-state index contributed by atoms with van der Waals surface area (Å²) < 4.78 is 0. The highest BCUT2D eigenvalue weighted by molar-refractivity contribution is 5.79. The fourth-order valence-corrected chi connectivity index (χ4v) is 4.26. The molecule has 2 aromatic rings. The summed E-state index contributed by atoms with van der Waals surface area (Å²) in [5.41, 5.74) is 2.66. The number of hydrogen-bond acceptors (Lipinski definition) is 5. The van der Waals surface area contributed by atoms with Crippen molar-refractivity contribution in [1.82, 2.24) is 25.5 Å². The van der Waals surface area contributed by atoms with Crippen LogP contribution in [0.4, 0.5) is 0 Å². The zero-order valence-corrected chi connectivity index (χ0v) is 16.7. The highest BCUT2D eigenvalue weighted by Crippen LogP contribution is 2.32. The monoisotopic (exact) mass is 369 g/mol. The lowest BCUT2D eigenvalue weighted by Crippen LogP contribution is -2.29. The van der Waals surface area contributed by atoms with E-state index in [1.807, 2.05) is 0 Å². The molecule has 0 saturated carbocycles. The van der Waals surface area contributed by atoms with Gasteiger partial charge >= 0.3 is 0 Å². The highest BCUT2D eigenvalue weighted by atomic mass is 16.1. The van der Waals surface area contributed by atoms with E-state index >= 15 is 0 Å². The van der Waals surface area contributed by atoms with Crippen LogP contribution >= 0.6 is 0 Å². The SMILES string of the molecule is CCC[C@H](C(C)=O)[C@H](Cc1ccc(C2CCN(C)CC2)cc1)c1nn[nH]n1. The molecule has 146 valence electrons. The molecule has 1 aliphatic heterocycles. The van der Waals surface area contributed by atoms with Crippen LogP contribution < -0.4 is 0 Å². The van der Waals surface area contributed by atoms with Gasteiger partial charge in [0.15, 0.2) is 5.82 Å². The molecule has 1 aromatic heterocycles. The summed E-state index contributed by atoms with van der Waals surface area (Å²) >= 11 is 0. The lowest BCUT2D eigenvalue weighted by molar-refractivity contribution is -0.121. The Morgan fingerprint density at radius 1 is 1.26 bits per heavy atom. The van der Waals surface area contributed by atoms with Gasteiger partial charge in [0, 0.05) is 11.8 Å². The predicted molar refractivity (Wildman–Crippen MR) is 106 cm³/mol. The van der Waals surface area contributed by atoms with E-state index in [0.717, 1.165) is 19.3 Å². The molecule has 0 spiro atoms. The second-order valence-electron chi connectivity index (χ2n) is 7.91. The number of benzene rings is 1. The molecule has 0 amide bonds. The van der Waals surface area contributed by atoms with Crippen LogP contribution in [0.15, 0.2) is 24.3 Å². The van der Waals surface area contributed by atoms with Crippen LogP contribution in [0.1, 0.15) is 68.3 Å². The number of H-pyrrole nitrogens is 1. The van der Waals surface area contributed by atoms with Crippen molar-refractivity contribution in [3.8, 4) is 0 Å². The van der Waals surface area contributed by atoms with E-state index in [4.69, 9.17) is 0 Å². The van der Waals surface area contributed by atoms with Crippen molar-refractivity contribution < 1.29 is 4.79 Å². The van der Waals surface area contributed by atoms with Crippen LogP contribution in [0.2, 0.25) is 0 Å². The summed E-state index contributed by atoms with van der Waals surface area (Å²) in [6.45, 7) is 6.13. The standard InChI is InChI=1S/C21H31N5O/c1-4-5-19(15(2)27)20(21-22-24-25-23-21)14-16-6-8-17(9-7-16)18-10-12-26(3)13-11-18/h6-9,18-20H,4-5,10-14H2,1-3H3,(H,22,23,24,25)/t19-,20+/m1/s1. The number of Topliss-reactive ketones (excluding diaryl/α,β-unsaturated/α-hetero) is 1. The largest absolute Gasteiger partial charge is 0.306 e. The van der Waals surface area contributed by atoms with Crippen molar-refractivity contribution >= 4 is 5.78 Å². The van der Waals surface area contributed by atoms with Crippen molar-refractivity contribution in [3.05, 3.63) is 41.2 Å². The van der Waals surface area contributed by atoms with Crippen molar-refractivity contribution in [1.29, 1.82) is 0 Å². The van der Waals surface area contributed by atoms with Gasteiger partial charge in [-0.05, 0) is 69.8 Å². The number of carbonyl (C=O) groups is 1. The molecular weight excluding hydrogens is 338 g/mol. The summed E-state index contributed by atoms with van der Waals surface area (Å²) in [6.07, 6.45) is 5.03. The molecule has 1 fully saturated rings. The third kappa shape index (κ3) is 5.01. The lowest BCUT2D eigenvalue weighted by Gasteiger charge is -2.29. The van der Waals surface area contributed by atoms with E-state index < -0.39 is 0 Å². The van der Waals surface area contributed by atoms with Crippen molar-refractivity contribution in [3.63, 3.8) is 0 Å². The highest BCUT2D eigenvalue weighted by Gasteiger charge is 2.30. The Hall–Kier alpha value is -2.08. The number of aromatic nitrogens is 4. The van der Waals surface area contributed by atoms with Gasteiger partial charge in [0.05, 0.1) is 0 Å². The number of rotatable bonds is 8. The first-order valence-electron chi connectivity index (χ1n) is 10.1. The Labute approximate surface area is 161 Å². The van der Waals surface area contributed by atoms with Gasteiger partial charge in [-0.2, -0.15) is 5.21 Å². The van der Waals surface area contributed by atoms with Crippen molar-refractivity contribution in [2.24, 2.45) is 5.92 Å². The summed E-state index contributed by atoms with van der Waals surface area (Å²) in [4.78, 5) is 14.7. The minimum atomic E-state index is -0.0684. The van der Waals surface area contributed by atoms with E-state index in [1.165, 1.54) is 37.1 Å². The minimum Gasteiger partial charge on any atom is -0.306 e. The molecule has 0 aliphatic carbocycles. The number of ketones is 1. The Kier molecular flexibility index (Phi) is 6.72. The molecule has 6 nitrogen and oxygen atoms in total. The first kappa shape index (κ1) is 19.7. The van der Waals surface area contributed by atoms with Gasteiger partial charge in [0.1, 0.15) is 5.78 Å². The summed E-state index contributed by atoms with van der Waals surface area (Å²) in [5, 5.41) is 14.6. The van der Waals surface area contributed by atoms with Gasteiger partial charge in [-0.1, -0.05) is 42.8 Å². The number of nitrogens with one attached hydrogen (secondary N) is 1. The maximum Gasteiger partial charge on any atom is 0.178 e. The first-order chi connectivity index (χ1) is 13.1. The van der Waals surface area contributed by atoms with Crippen LogP contribution in [0, 0.1) is 5.92 Å². The average Bonchev–Trinajstić information content (AvgIpc) is 3.20. The molecule has 3 rings (SSSR count). The van der Waals surface area contributed by atoms with Crippen LogP contribution in [0.5, 0.6) is 0 Å². The minimum absolute atomic E-state index is 0.0321. The van der Waals surface area contributed by atoms with E-state index in [1.54, 1.807) is 6.92 Å². The molecule has 0 bridgehead atoms. The number of carbonyl (C=O) groups excluding carboxylic acids is 1. The zero-order chi connectivity index (χ0) is 19.2. The maximum absolute atomic E-state index is 12.3. The quantitative estimate of drug-likeness (QED) is 0.772. The van der Waals surface area contributed by atoms with Gasteiger partial charge in [-0.15, -0.1) is 10.2 Å². The average molecular weight is 370 g/mol. The Bertz CT molecular complexity index is 705. The number of nitrogens with zero attached hydrogens (tertiary/aromatic N) is 4. The first-order valence-corrected chi connectivity index (χ1v) is 10.1. The van der Waals surface area contributed by atoms with Crippen LogP contribution in [0.3, 0.4) is 0 Å². The molecule has 1 aromatic carbocycles. The predicted octanol–water partition coefficient (Wildman–Crippen LogP) is 3.34. The maximum atomic E-state index is 12.3. The molecule has 0 radical (unpaired) electrons. The fraction of sp³-hybridized carbons (Fsp3) is 0.619. The van der Waals surface area contributed by atoms with Gasteiger partial charge in [-0.25, -0.2) is 0 Å². The van der Waals surface area contributed by atoms with Crippen molar-refractivity contribution in [2.75, 3.05) is 20.1 Å². The van der Waals surface area contributed by atoms with Crippen LogP contribution in [-0.2, 0) is 11.2 Å². The number of aromatic amines is 1. The van der Waals surface area contributed by atoms with E-state index in [0.29, 0.717) is 11.7 Å². The van der Waals surface area contributed by atoms with Gasteiger partial charge < -0.3 is 4.90 Å². The third-order valence-electron chi connectivity index (χ3n) is 5.93. The van der Waals surface area contributed by atoms with Gasteiger partial charge in [-0.3, -0.25) is 4.79 Å². The van der Waals surface area contributed by atoms with E-state index in [-0.39, 0.29) is 17.6 Å². The molecular formula is C21H31N5O. The lowest BCUT2D eigenvalue weighted by atomic mass is 9.80. The molecule has 27 heavy (non-hydrogen) atoms. The molecule has 1 aliphatic rings. The summed E-state index contributed by atoms with van der Waals surface area (Å²) in [6, 6.07) is 8.95. The second kappa shape index (κ2) is 9.22. The topological polar surface area (TPSA) is 74.8 Å². The molecule has 6 heteroatoms. The summed E-state index contributed by atoms with van der Waals surface area (Å²) in [7, 11) is 2.19. The molecule has 1 saturated heterocycles. The van der Waals surface area contributed by atoms with Crippen LogP contribution in [0.25, 0.3) is 0 Å². The van der Waals surface area contributed by atoms with Gasteiger partial charge in [0.2, 0.25) is 0 Å². The van der Waals surface area contributed by atoms with Gasteiger partial charge in [0.25, 0.3) is 0 Å². The second-order valence-corrected chi connectivity index (χ2v) is 7.91. The smallest absolute Gasteiger partial charge is 0.178 e. The fourth-order valence-electron chi connectivity index (χ4n) is 4.26. The number of likely N-dealkylation sites (tertiary alicyclic amines) is 1. The molecule has 2 heterocycles. The Morgan fingerprint density at radius 2 is 1.96 bits per heavy atom. The van der Waals surface area contributed by atoms with E-state index in [9.17, 15) is 4.79 Å². The Balaban J connectivity index is 1.74. The zero-order valence-electron chi connectivity index (χ0n) is 16.7.